The number of nitrogens with zero attached hydrogens (tertiary/aromatic N) is 1. The predicted octanol–water partition coefficient (Wildman–Crippen LogP) is 0.161. The van der Waals surface area contributed by atoms with Gasteiger partial charge in [-0.05, 0) is 18.5 Å². The summed E-state index contributed by atoms with van der Waals surface area (Å²) in [6.45, 7) is 1.91. The van der Waals surface area contributed by atoms with Crippen molar-refractivity contribution < 1.29 is 9.90 Å². The van der Waals surface area contributed by atoms with Gasteiger partial charge in [0.05, 0.1) is 12.0 Å². The van der Waals surface area contributed by atoms with E-state index in [2.05, 4.69) is 4.90 Å². The minimum Gasteiger partial charge on any atom is -0.389 e. The fourth-order valence-corrected chi connectivity index (χ4v) is 2.59. The summed E-state index contributed by atoms with van der Waals surface area (Å²) in [5.74, 6) is -0.359. The van der Waals surface area contributed by atoms with Crippen LogP contribution in [0.15, 0.2) is 24.3 Å². The number of β-amino-alcohol motifs (C(OH)–C–C–N with tert-alkyl or cyclic N) is 1. The third kappa shape index (κ3) is 3.53. The van der Waals surface area contributed by atoms with E-state index in [0.717, 1.165) is 24.1 Å². The van der Waals surface area contributed by atoms with E-state index in [4.69, 9.17) is 23.7 Å². The predicted molar refractivity (Wildman–Crippen MR) is 81.0 cm³/mol. The van der Waals surface area contributed by atoms with Gasteiger partial charge >= 0.3 is 0 Å². The molecule has 1 heterocycles. The molecule has 1 aliphatic rings. The molecule has 5 N–H and O–H groups in total. The number of hydrogen-bond acceptors (Lipinski definition) is 4. The SMILES string of the molecule is NC(=O)C1CCN(CC(O)c2ccc(C(N)=S)cc2)C1. The van der Waals surface area contributed by atoms with E-state index < -0.39 is 6.10 Å². The second kappa shape index (κ2) is 6.30. The molecule has 1 amide bonds. The largest absolute Gasteiger partial charge is 0.389 e. The van der Waals surface area contributed by atoms with Crippen molar-refractivity contribution >= 4 is 23.1 Å². The number of primary amides is 1. The van der Waals surface area contributed by atoms with Gasteiger partial charge in [0.2, 0.25) is 5.91 Å². The standard InChI is InChI=1S/C14H19N3O2S/c15-13(19)11-5-6-17(7-11)8-12(18)9-1-3-10(4-2-9)14(16)20/h1-4,11-12,18H,5-8H2,(H2,15,19)(H2,16,20). The van der Waals surface area contributed by atoms with Gasteiger partial charge in [-0.2, -0.15) is 0 Å². The number of benzene rings is 1. The molecule has 0 aliphatic carbocycles. The first-order valence-electron chi connectivity index (χ1n) is 6.57. The molecule has 1 aliphatic heterocycles. The summed E-state index contributed by atoms with van der Waals surface area (Å²) in [4.78, 5) is 13.5. The van der Waals surface area contributed by atoms with E-state index in [9.17, 15) is 9.90 Å². The molecule has 5 nitrogen and oxygen atoms in total. The molecule has 1 aromatic carbocycles. The van der Waals surface area contributed by atoms with Gasteiger partial charge < -0.3 is 16.6 Å². The summed E-state index contributed by atoms with van der Waals surface area (Å²) < 4.78 is 0. The first kappa shape index (κ1) is 14.9. The van der Waals surface area contributed by atoms with Crippen LogP contribution in [0.3, 0.4) is 0 Å². The van der Waals surface area contributed by atoms with Crippen molar-refractivity contribution in [1.82, 2.24) is 4.90 Å². The van der Waals surface area contributed by atoms with E-state index >= 15 is 0 Å². The lowest BCUT2D eigenvalue weighted by Gasteiger charge is -2.20. The van der Waals surface area contributed by atoms with Crippen LogP contribution in [0.4, 0.5) is 0 Å². The first-order valence-corrected chi connectivity index (χ1v) is 6.97. The molecular weight excluding hydrogens is 274 g/mol. The lowest BCUT2D eigenvalue weighted by molar-refractivity contribution is -0.121. The van der Waals surface area contributed by atoms with Gasteiger partial charge in [0.25, 0.3) is 0 Å². The lowest BCUT2D eigenvalue weighted by Crippen LogP contribution is -2.30. The molecule has 2 atom stereocenters. The zero-order valence-corrected chi connectivity index (χ0v) is 12.0. The highest BCUT2D eigenvalue weighted by molar-refractivity contribution is 7.80. The lowest BCUT2D eigenvalue weighted by atomic mass is 10.1. The minimum absolute atomic E-state index is 0.0980. The molecule has 0 radical (unpaired) electrons. The maximum absolute atomic E-state index is 11.1. The Bertz CT molecular complexity index is 504. The molecule has 6 heteroatoms. The molecule has 1 fully saturated rings. The monoisotopic (exact) mass is 293 g/mol. The maximum atomic E-state index is 11.1. The Kier molecular flexibility index (Phi) is 4.69. The third-order valence-corrected chi connectivity index (χ3v) is 3.92. The number of amides is 1. The highest BCUT2D eigenvalue weighted by Crippen LogP contribution is 2.21. The summed E-state index contributed by atoms with van der Waals surface area (Å²) in [6.07, 6.45) is 0.171. The number of carbonyl (C=O) groups excluding carboxylic acids is 1. The van der Waals surface area contributed by atoms with Gasteiger partial charge in [-0.1, -0.05) is 36.5 Å². The van der Waals surface area contributed by atoms with Gasteiger partial charge in [0.15, 0.2) is 0 Å². The second-order valence-corrected chi connectivity index (χ2v) is 5.59. The average Bonchev–Trinajstić information content (AvgIpc) is 2.87. The summed E-state index contributed by atoms with van der Waals surface area (Å²) in [7, 11) is 0. The molecular formula is C14H19N3O2S. The Labute approximate surface area is 123 Å². The maximum Gasteiger partial charge on any atom is 0.221 e. The zero-order chi connectivity index (χ0) is 14.7. The molecule has 0 aromatic heterocycles. The van der Waals surface area contributed by atoms with Crippen LogP contribution in [-0.2, 0) is 4.79 Å². The van der Waals surface area contributed by atoms with Crippen LogP contribution in [0.5, 0.6) is 0 Å². The van der Waals surface area contributed by atoms with Gasteiger partial charge in [-0.25, -0.2) is 0 Å². The number of thiocarbonyl (C=S) groups is 1. The molecule has 1 aromatic rings. The quantitative estimate of drug-likeness (QED) is 0.673. The van der Waals surface area contributed by atoms with Crippen molar-refractivity contribution in [3.8, 4) is 0 Å². The molecule has 108 valence electrons. The highest BCUT2D eigenvalue weighted by atomic mass is 32.1. The molecule has 0 bridgehead atoms. The van der Waals surface area contributed by atoms with Crippen molar-refractivity contribution in [1.29, 1.82) is 0 Å². The van der Waals surface area contributed by atoms with Crippen LogP contribution >= 0.6 is 12.2 Å². The summed E-state index contributed by atoms with van der Waals surface area (Å²) >= 11 is 4.89. The van der Waals surface area contributed by atoms with E-state index in [-0.39, 0.29) is 11.8 Å². The summed E-state index contributed by atoms with van der Waals surface area (Å²) in [6, 6.07) is 7.25. The molecule has 0 spiro atoms. The van der Waals surface area contributed by atoms with Crippen molar-refractivity contribution in [2.75, 3.05) is 19.6 Å². The molecule has 0 saturated carbocycles. The highest BCUT2D eigenvalue weighted by Gasteiger charge is 2.27. The minimum atomic E-state index is -0.595. The number of aliphatic hydroxyl groups excluding tert-OH is 1. The molecule has 2 unspecified atom stereocenters. The smallest absolute Gasteiger partial charge is 0.221 e. The Balaban J connectivity index is 1.93. The normalized spacial score (nSPS) is 20.8. The number of hydrogen-bond donors (Lipinski definition) is 3. The van der Waals surface area contributed by atoms with Crippen molar-refractivity contribution in [2.45, 2.75) is 12.5 Å². The van der Waals surface area contributed by atoms with E-state index in [1.54, 1.807) is 12.1 Å². The Morgan fingerprint density at radius 3 is 2.55 bits per heavy atom. The number of nitrogens with two attached hydrogens (primary N) is 2. The topological polar surface area (TPSA) is 92.6 Å². The molecule has 1 saturated heterocycles. The Morgan fingerprint density at radius 2 is 2.05 bits per heavy atom. The molecule has 20 heavy (non-hydrogen) atoms. The van der Waals surface area contributed by atoms with Crippen LogP contribution < -0.4 is 11.5 Å². The van der Waals surface area contributed by atoms with Crippen molar-refractivity contribution in [3.05, 3.63) is 35.4 Å². The number of likely N-dealkylation sites (tertiary alicyclic amines) is 1. The first-order chi connectivity index (χ1) is 9.47. The van der Waals surface area contributed by atoms with Crippen molar-refractivity contribution in [2.24, 2.45) is 17.4 Å². The van der Waals surface area contributed by atoms with Gasteiger partial charge in [-0.15, -0.1) is 0 Å². The van der Waals surface area contributed by atoms with Crippen molar-refractivity contribution in [3.63, 3.8) is 0 Å². The van der Waals surface area contributed by atoms with Crippen LogP contribution in [0.25, 0.3) is 0 Å². The third-order valence-electron chi connectivity index (χ3n) is 3.69. The zero-order valence-electron chi connectivity index (χ0n) is 11.2. The Morgan fingerprint density at radius 1 is 1.40 bits per heavy atom. The van der Waals surface area contributed by atoms with E-state index in [1.807, 2.05) is 12.1 Å². The summed E-state index contributed by atoms with van der Waals surface area (Å²) in [5.41, 5.74) is 12.4. The van der Waals surface area contributed by atoms with Crippen LogP contribution in [0, 0.1) is 5.92 Å². The Hall–Kier alpha value is -1.50. The number of rotatable bonds is 5. The second-order valence-electron chi connectivity index (χ2n) is 5.15. The van der Waals surface area contributed by atoms with Gasteiger partial charge in [0.1, 0.15) is 4.99 Å². The van der Waals surface area contributed by atoms with Gasteiger partial charge in [-0.3, -0.25) is 9.69 Å². The van der Waals surface area contributed by atoms with Gasteiger partial charge in [0, 0.05) is 18.7 Å². The van der Waals surface area contributed by atoms with Crippen LogP contribution in [0.1, 0.15) is 23.7 Å². The van der Waals surface area contributed by atoms with E-state index in [1.165, 1.54) is 0 Å². The fourth-order valence-electron chi connectivity index (χ4n) is 2.45. The summed E-state index contributed by atoms with van der Waals surface area (Å²) in [5, 5.41) is 10.2. The van der Waals surface area contributed by atoms with Crippen LogP contribution in [0.2, 0.25) is 0 Å². The number of carbonyl (C=O) groups is 1. The average molecular weight is 293 g/mol. The molecule has 2 rings (SSSR count). The fraction of sp³-hybridized carbons (Fsp3) is 0.429. The number of aliphatic hydroxyl groups is 1. The van der Waals surface area contributed by atoms with Crippen LogP contribution in [-0.4, -0.2) is 40.5 Å². The van der Waals surface area contributed by atoms with E-state index in [0.29, 0.717) is 18.1 Å².